The van der Waals surface area contributed by atoms with E-state index in [4.69, 9.17) is 9.84 Å². The fraction of sp³-hybridized carbons (Fsp3) is 0.333. The predicted octanol–water partition coefficient (Wildman–Crippen LogP) is 1.30. The van der Waals surface area contributed by atoms with E-state index in [1.807, 2.05) is 0 Å². The van der Waals surface area contributed by atoms with Crippen molar-refractivity contribution < 1.29 is 23.8 Å². The first kappa shape index (κ1) is 10.3. The maximum absolute atomic E-state index is 11.1. The molecule has 0 aliphatic rings. The maximum atomic E-state index is 11.1. The molecule has 5 nitrogen and oxygen atoms in total. The van der Waals surface area contributed by atoms with Gasteiger partial charge < -0.3 is 14.3 Å². The molecule has 0 atom stereocenters. The first-order valence-electron chi connectivity index (χ1n) is 4.11. The van der Waals surface area contributed by atoms with Crippen molar-refractivity contribution >= 4 is 11.9 Å². The zero-order valence-electron chi connectivity index (χ0n) is 7.43. The maximum Gasteiger partial charge on any atom is 0.341 e. The number of aliphatic carboxylic acids is 1. The highest BCUT2D eigenvalue weighted by molar-refractivity contribution is 5.88. The second kappa shape index (κ2) is 5.06. The molecular formula is C9H10O5. The Hall–Kier alpha value is -1.78. The molecule has 0 amide bonds. The topological polar surface area (TPSA) is 76.7 Å². The third kappa shape index (κ3) is 3.30. The molecule has 1 N–H and O–H groups in total. The van der Waals surface area contributed by atoms with Crippen LogP contribution in [-0.2, 0) is 9.53 Å². The minimum atomic E-state index is -0.899. The first-order valence-corrected chi connectivity index (χ1v) is 4.11. The van der Waals surface area contributed by atoms with Gasteiger partial charge in [0.2, 0.25) is 0 Å². The van der Waals surface area contributed by atoms with Crippen molar-refractivity contribution in [1.29, 1.82) is 0 Å². The van der Waals surface area contributed by atoms with Crippen LogP contribution in [-0.4, -0.2) is 23.7 Å². The van der Waals surface area contributed by atoms with Gasteiger partial charge in [-0.25, -0.2) is 4.79 Å². The highest BCUT2D eigenvalue weighted by Crippen LogP contribution is 2.02. The molecule has 0 aliphatic heterocycles. The summed E-state index contributed by atoms with van der Waals surface area (Å²) in [6, 6.07) is 1.49. The van der Waals surface area contributed by atoms with Crippen LogP contribution in [0.1, 0.15) is 23.2 Å². The molecule has 0 radical (unpaired) electrons. The van der Waals surface area contributed by atoms with Crippen LogP contribution in [0.3, 0.4) is 0 Å². The van der Waals surface area contributed by atoms with Gasteiger partial charge >= 0.3 is 11.9 Å². The van der Waals surface area contributed by atoms with E-state index < -0.39 is 11.9 Å². The lowest BCUT2D eigenvalue weighted by atomic mass is 10.3. The van der Waals surface area contributed by atoms with E-state index in [0.717, 1.165) is 0 Å². The van der Waals surface area contributed by atoms with Gasteiger partial charge in [0.1, 0.15) is 6.26 Å². The van der Waals surface area contributed by atoms with Gasteiger partial charge in [-0.2, -0.15) is 0 Å². The highest BCUT2D eigenvalue weighted by Gasteiger charge is 2.07. The average Bonchev–Trinajstić information content (AvgIpc) is 2.64. The molecule has 0 fully saturated rings. The molecule has 1 rings (SSSR count). The quantitative estimate of drug-likeness (QED) is 0.570. The lowest BCUT2D eigenvalue weighted by Crippen LogP contribution is -2.06. The molecule has 5 heteroatoms. The molecule has 1 aromatic rings. The van der Waals surface area contributed by atoms with Crippen LogP contribution in [0.4, 0.5) is 0 Å². The van der Waals surface area contributed by atoms with Gasteiger partial charge in [0.05, 0.1) is 18.4 Å². The number of esters is 1. The van der Waals surface area contributed by atoms with E-state index in [1.54, 1.807) is 0 Å². The number of ether oxygens (including phenoxy) is 1. The molecule has 0 spiro atoms. The largest absolute Gasteiger partial charge is 0.481 e. The average molecular weight is 198 g/mol. The van der Waals surface area contributed by atoms with Crippen LogP contribution < -0.4 is 0 Å². The molecule has 0 unspecified atom stereocenters. The lowest BCUT2D eigenvalue weighted by Gasteiger charge is -2.00. The number of hydrogen-bond acceptors (Lipinski definition) is 4. The van der Waals surface area contributed by atoms with Gasteiger partial charge in [0.25, 0.3) is 0 Å². The van der Waals surface area contributed by atoms with Crippen LogP contribution >= 0.6 is 0 Å². The van der Waals surface area contributed by atoms with Gasteiger partial charge in [-0.1, -0.05) is 0 Å². The molecule has 1 aromatic heterocycles. The van der Waals surface area contributed by atoms with E-state index in [0.29, 0.717) is 12.0 Å². The zero-order chi connectivity index (χ0) is 10.4. The molecule has 0 saturated carbocycles. The Labute approximate surface area is 80.3 Å². The van der Waals surface area contributed by atoms with Crippen LogP contribution in [0.15, 0.2) is 23.0 Å². The van der Waals surface area contributed by atoms with Crippen molar-refractivity contribution in [3.05, 3.63) is 24.2 Å². The van der Waals surface area contributed by atoms with Gasteiger partial charge in [0.15, 0.2) is 0 Å². The Balaban J connectivity index is 2.19. The fourth-order valence-corrected chi connectivity index (χ4v) is 0.852. The van der Waals surface area contributed by atoms with Crippen LogP contribution in [0.2, 0.25) is 0 Å². The lowest BCUT2D eigenvalue weighted by molar-refractivity contribution is -0.137. The second-order valence-corrected chi connectivity index (χ2v) is 2.65. The number of furan rings is 1. The number of hydrogen-bond donors (Lipinski definition) is 1. The number of carboxylic acid groups (broad SMARTS) is 1. The Morgan fingerprint density at radius 2 is 2.29 bits per heavy atom. The summed E-state index contributed by atoms with van der Waals surface area (Å²) in [5.41, 5.74) is 0.334. The zero-order valence-corrected chi connectivity index (χ0v) is 7.43. The van der Waals surface area contributed by atoms with E-state index >= 15 is 0 Å². The monoisotopic (exact) mass is 198 g/mol. The van der Waals surface area contributed by atoms with Crippen LogP contribution in [0.25, 0.3) is 0 Å². The summed E-state index contributed by atoms with van der Waals surface area (Å²) >= 11 is 0. The smallest absolute Gasteiger partial charge is 0.341 e. The molecular weight excluding hydrogens is 188 g/mol. The summed E-state index contributed by atoms with van der Waals surface area (Å²) < 4.78 is 9.46. The van der Waals surface area contributed by atoms with Crippen molar-refractivity contribution in [2.24, 2.45) is 0 Å². The standard InChI is InChI=1S/C9H10O5/c10-8(11)2-1-4-14-9(12)7-3-5-13-6-7/h3,5-6H,1-2,4H2,(H,10,11). The number of carbonyl (C=O) groups is 2. The fourth-order valence-electron chi connectivity index (χ4n) is 0.852. The third-order valence-corrected chi connectivity index (χ3v) is 1.53. The molecule has 0 aliphatic carbocycles. The minimum Gasteiger partial charge on any atom is -0.481 e. The Kier molecular flexibility index (Phi) is 3.72. The SMILES string of the molecule is O=C(O)CCCOC(=O)c1ccoc1. The molecule has 0 saturated heterocycles. The van der Waals surface area contributed by atoms with Crippen molar-refractivity contribution in [2.45, 2.75) is 12.8 Å². The Morgan fingerprint density at radius 1 is 1.50 bits per heavy atom. The van der Waals surface area contributed by atoms with Crippen LogP contribution in [0, 0.1) is 0 Å². The highest BCUT2D eigenvalue weighted by atomic mass is 16.5. The Morgan fingerprint density at radius 3 is 2.86 bits per heavy atom. The second-order valence-electron chi connectivity index (χ2n) is 2.65. The van der Waals surface area contributed by atoms with Gasteiger partial charge in [-0.15, -0.1) is 0 Å². The van der Waals surface area contributed by atoms with Crippen molar-refractivity contribution in [3.63, 3.8) is 0 Å². The van der Waals surface area contributed by atoms with Crippen LogP contribution in [0.5, 0.6) is 0 Å². The number of rotatable bonds is 5. The normalized spacial score (nSPS) is 9.71. The molecule has 14 heavy (non-hydrogen) atoms. The summed E-state index contributed by atoms with van der Waals surface area (Å²) in [7, 11) is 0. The van der Waals surface area contributed by atoms with E-state index in [2.05, 4.69) is 4.42 Å². The Bertz CT molecular complexity index is 301. The summed E-state index contributed by atoms with van der Waals surface area (Å²) in [4.78, 5) is 21.2. The molecule has 0 aromatic carbocycles. The molecule has 0 bridgehead atoms. The van der Waals surface area contributed by atoms with E-state index in [1.165, 1.54) is 18.6 Å². The number of carbonyl (C=O) groups excluding carboxylic acids is 1. The summed E-state index contributed by atoms with van der Waals surface area (Å²) in [6.45, 7) is 0.107. The summed E-state index contributed by atoms with van der Waals surface area (Å²) in [6.07, 6.45) is 2.96. The number of carboxylic acids is 1. The summed E-state index contributed by atoms with van der Waals surface area (Å²) in [5, 5.41) is 8.31. The third-order valence-electron chi connectivity index (χ3n) is 1.53. The van der Waals surface area contributed by atoms with Gasteiger partial charge in [-0.3, -0.25) is 4.79 Å². The first-order chi connectivity index (χ1) is 6.70. The van der Waals surface area contributed by atoms with E-state index in [9.17, 15) is 9.59 Å². The summed E-state index contributed by atoms with van der Waals surface area (Å²) in [5.74, 6) is -1.39. The molecule has 1 heterocycles. The van der Waals surface area contributed by atoms with Crippen molar-refractivity contribution in [1.82, 2.24) is 0 Å². The van der Waals surface area contributed by atoms with Gasteiger partial charge in [-0.05, 0) is 12.5 Å². The molecule has 76 valence electrons. The van der Waals surface area contributed by atoms with Gasteiger partial charge in [0, 0.05) is 6.42 Å². The predicted molar refractivity (Wildman–Crippen MR) is 45.9 cm³/mol. The van der Waals surface area contributed by atoms with E-state index in [-0.39, 0.29) is 13.0 Å². The van der Waals surface area contributed by atoms with Crippen molar-refractivity contribution in [2.75, 3.05) is 6.61 Å². The van der Waals surface area contributed by atoms with Crippen molar-refractivity contribution in [3.8, 4) is 0 Å². The minimum absolute atomic E-state index is 0.00132.